The Bertz CT molecular complexity index is 652. The van der Waals surface area contributed by atoms with Crippen LogP contribution in [0.2, 0.25) is 5.02 Å². The Morgan fingerprint density at radius 1 is 1.20 bits per heavy atom. The Hall–Kier alpha value is -1.17. The molecule has 2 heterocycles. The maximum atomic E-state index is 13.2. The highest BCUT2D eigenvalue weighted by molar-refractivity contribution is 6.31. The fourth-order valence-electron chi connectivity index (χ4n) is 4.41. The van der Waals surface area contributed by atoms with E-state index in [4.69, 9.17) is 21.1 Å². The molecule has 1 aromatic rings. The molecule has 136 valence electrons. The summed E-state index contributed by atoms with van der Waals surface area (Å²) in [5.74, 6) is -0.589. The van der Waals surface area contributed by atoms with Crippen molar-refractivity contribution in [3.05, 3.63) is 34.6 Å². The first kappa shape index (κ1) is 17.3. The molecule has 2 saturated heterocycles. The normalized spacial score (nSPS) is 26.7. The molecule has 1 saturated carbocycles. The molecule has 0 bridgehead atoms. The average molecular weight is 368 g/mol. The van der Waals surface area contributed by atoms with E-state index in [1.54, 1.807) is 6.07 Å². The number of ether oxygens (including phenoxy) is 2. The summed E-state index contributed by atoms with van der Waals surface area (Å²) in [6, 6.07) is 4.68. The van der Waals surface area contributed by atoms with Gasteiger partial charge in [-0.3, -0.25) is 4.79 Å². The van der Waals surface area contributed by atoms with Gasteiger partial charge in [0.05, 0.1) is 13.2 Å². The Morgan fingerprint density at radius 2 is 1.92 bits per heavy atom. The zero-order chi connectivity index (χ0) is 17.4. The summed E-state index contributed by atoms with van der Waals surface area (Å²) in [6.07, 6.45) is 4.98. The van der Waals surface area contributed by atoms with Crippen LogP contribution < -0.4 is 0 Å². The van der Waals surface area contributed by atoms with Crippen molar-refractivity contribution in [3.8, 4) is 0 Å². The lowest BCUT2D eigenvalue weighted by molar-refractivity contribution is -0.184. The van der Waals surface area contributed by atoms with Gasteiger partial charge in [0, 0.05) is 36.4 Å². The van der Waals surface area contributed by atoms with Crippen LogP contribution in [0.5, 0.6) is 0 Å². The maximum Gasteiger partial charge on any atom is 0.226 e. The third-order valence-electron chi connectivity index (χ3n) is 5.80. The quantitative estimate of drug-likeness (QED) is 0.820. The number of benzene rings is 1. The van der Waals surface area contributed by atoms with Crippen LogP contribution in [-0.2, 0) is 20.7 Å². The number of halogens is 2. The summed E-state index contributed by atoms with van der Waals surface area (Å²) in [7, 11) is 0. The number of hydrogen-bond donors (Lipinski definition) is 0. The van der Waals surface area contributed by atoms with E-state index in [9.17, 15) is 9.18 Å². The minimum atomic E-state index is -0.389. The molecule has 1 amide bonds. The molecule has 0 N–H and O–H groups in total. The van der Waals surface area contributed by atoms with Gasteiger partial charge >= 0.3 is 0 Å². The second-order valence-electron chi connectivity index (χ2n) is 7.30. The molecular weight excluding hydrogens is 345 g/mol. The first-order valence-electron chi connectivity index (χ1n) is 9.09. The molecule has 1 aromatic carbocycles. The van der Waals surface area contributed by atoms with Gasteiger partial charge in [-0.05, 0) is 43.4 Å². The molecule has 1 aliphatic carbocycles. The fourth-order valence-corrected chi connectivity index (χ4v) is 4.65. The number of rotatable bonds is 3. The Morgan fingerprint density at radius 3 is 2.60 bits per heavy atom. The predicted molar refractivity (Wildman–Crippen MR) is 91.8 cm³/mol. The van der Waals surface area contributed by atoms with E-state index in [1.807, 2.05) is 4.90 Å². The van der Waals surface area contributed by atoms with Gasteiger partial charge in [-0.25, -0.2) is 4.39 Å². The lowest BCUT2D eigenvalue weighted by Crippen LogP contribution is -2.45. The molecule has 4 rings (SSSR count). The lowest BCUT2D eigenvalue weighted by atomic mass is 9.89. The van der Waals surface area contributed by atoms with Crippen molar-refractivity contribution in [2.45, 2.75) is 50.4 Å². The first-order chi connectivity index (χ1) is 12.1. The van der Waals surface area contributed by atoms with Gasteiger partial charge in [-0.15, -0.1) is 0 Å². The van der Waals surface area contributed by atoms with Crippen LogP contribution >= 0.6 is 11.6 Å². The van der Waals surface area contributed by atoms with E-state index >= 15 is 0 Å². The third kappa shape index (κ3) is 3.42. The number of carbonyl (C=O) groups excluding carboxylic acids is 1. The van der Waals surface area contributed by atoms with Gasteiger partial charge in [-0.2, -0.15) is 0 Å². The minimum absolute atomic E-state index is 0.0576. The van der Waals surface area contributed by atoms with Crippen LogP contribution in [0.3, 0.4) is 0 Å². The van der Waals surface area contributed by atoms with Crippen molar-refractivity contribution in [1.29, 1.82) is 0 Å². The highest BCUT2D eigenvalue weighted by Crippen LogP contribution is 2.39. The second-order valence-corrected chi connectivity index (χ2v) is 7.70. The summed E-state index contributed by atoms with van der Waals surface area (Å²) in [5, 5.41) is 0.404. The zero-order valence-electron chi connectivity index (χ0n) is 14.2. The van der Waals surface area contributed by atoms with Gasteiger partial charge in [0.2, 0.25) is 5.91 Å². The van der Waals surface area contributed by atoms with Gasteiger partial charge in [0.25, 0.3) is 0 Å². The van der Waals surface area contributed by atoms with Crippen molar-refractivity contribution in [2.75, 3.05) is 19.8 Å². The minimum Gasteiger partial charge on any atom is -0.348 e. The lowest BCUT2D eigenvalue weighted by Gasteiger charge is -2.39. The first-order valence-corrected chi connectivity index (χ1v) is 9.46. The van der Waals surface area contributed by atoms with Gasteiger partial charge in [0.15, 0.2) is 5.79 Å². The van der Waals surface area contributed by atoms with Crippen LogP contribution in [0, 0.1) is 11.7 Å². The summed E-state index contributed by atoms with van der Waals surface area (Å²) in [6.45, 7) is 2.14. The number of nitrogens with zero attached hydrogens (tertiary/aromatic N) is 1. The Balaban J connectivity index is 1.37. The largest absolute Gasteiger partial charge is 0.348 e. The van der Waals surface area contributed by atoms with E-state index in [2.05, 4.69) is 0 Å². The molecule has 1 unspecified atom stereocenters. The van der Waals surface area contributed by atoms with Gasteiger partial charge < -0.3 is 14.4 Å². The highest BCUT2D eigenvalue weighted by atomic mass is 35.5. The van der Waals surface area contributed by atoms with E-state index < -0.39 is 0 Å². The molecule has 1 spiro atoms. The van der Waals surface area contributed by atoms with Crippen molar-refractivity contribution < 1.29 is 18.7 Å². The molecular formula is C19H23ClFNO3. The SMILES string of the molecule is O=C1C(Cc2ccc(F)cc2Cl)CCN1C1CCC2(CC1)OCCO2. The number of carbonyl (C=O) groups is 1. The van der Waals surface area contributed by atoms with E-state index in [0.29, 0.717) is 24.7 Å². The van der Waals surface area contributed by atoms with Crippen LogP contribution in [0.1, 0.15) is 37.7 Å². The van der Waals surface area contributed by atoms with Crippen LogP contribution in [0.15, 0.2) is 18.2 Å². The smallest absolute Gasteiger partial charge is 0.226 e. The van der Waals surface area contributed by atoms with Gasteiger partial charge in [0.1, 0.15) is 5.82 Å². The molecule has 0 radical (unpaired) electrons. The summed E-state index contributed by atoms with van der Waals surface area (Å²) >= 11 is 6.12. The Labute approximate surface area is 152 Å². The van der Waals surface area contributed by atoms with Crippen molar-refractivity contribution in [2.24, 2.45) is 5.92 Å². The standard InChI is InChI=1S/C19H23ClFNO3/c20-17-12-15(21)2-1-13(17)11-14-5-8-22(18(14)23)16-3-6-19(7-4-16)24-9-10-25-19/h1-2,12,14,16H,3-11H2. The highest BCUT2D eigenvalue weighted by Gasteiger charge is 2.44. The topological polar surface area (TPSA) is 38.8 Å². The summed E-state index contributed by atoms with van der Waals surface area (Å²) in [4.78, 5) is 14.9. The van der Waals surface area contributed by atoms with E-state index in [1.165, 1.54) is 12.1 Å². The molecule has 2 aliphatic heterocycles. The molecule has 1 atom stereocenters. The molecule has 3 fully saturated rings. The fraction of sp³-hybridized carbons (Fsp3) is 0.632. The number of amides is 1. The zero-order valence-corrected chi connectivity index (χ0v) is 14.9. The predicted octanol–water partition coefficient (Wildman–Crippen LogP) is 3.56. The third-order valence-corrected chi connectivity index (χ3v) is 6.16. The van der Waals surface area contributed by atoms with Crippen molar-refractivity contribution in [1.82, 2.24) is 4.90 Å². The summed E-state index contributed by atoms with van der Waals surface area (Å²) < 4.78 is 24.7. The number of hydrogen-bond acceptors (Lipinski definition) is 3. The molecule has 4 nitrogen and oxygen atoms in total. The van der Waals surface area contributed by atoms with Gasteiger partial charge in [-0.1, -0.05) is 17.7 Å². The number of likely N-dealkylation sites (tertiary alicyclic amines) is 1. The molecule has 25 heavy (non-hydrogen) atoms. The van der Waals surface area contributed by atoms with Crippen molar-refractivity contribution >= 4 is 17.5 Å². The Kier molecular flexibility index (Phi) is 4.73. The van der Waals surface area contributed by atoms with Crippen LogP contribution in [-0.4, -0.2) is 42.4 Å². The second kappa shape index (κ2) is 6.86. The summed E-state index contributed by atoms with van der Waals surface area (Å²) in [5.41, 5.74) is 0.846. The van der Waals surface area contributed by atoms with Crippen LogP contribution in [0.4, 0.5) is 4.39 Å². The van der Waals surface area contributed by atoms with E-state index in [-0.39, 0.29) is 29.5 Å². The van der Waals surface area contributed by atoms with Crippen molar-refractivity contribution in [3.63, 3.8) is 0 Å². The van der Waals surface area contributed by atoms with Crippen LogP contribution in [0.25, 0.3) is 0 Å². The average Bonchev–Trinajstić information content (AvgIpc) is 3.19. The van der Waals surface area contributed by atoms with E-state index in [0.717, 1.165) is 44.2 Å². The molecule has 6 heteroatoms. The monoisotopic (exact) mass is 367 g/mol. The molecule has 3 aliphatic rings. The maximum absolute atomic E-state index is 13.2. The molecule has 0 aromatic heterocycles.